The van der Waals surface area contributed by atoms with Gasteiger partial charge in [0, 0.05) is 5.56 Å². The van der Waals surface area contributed by atoms with Crippen LogP contribution in [0.1, 0.15) is 11.4 Å². The second-order valence-electron chi connectivity index (χ2n) is 3.68. The molecule has 0 aromatic carbocycles. The maximum Gasteiger partial charge on any atom is 0.245 e. The van der Waals surface area contributed by atoms with E-state index in [1.165, 1.54) is 10.8 Å². The van der Waals surface area contributed by atoms with Crippen LogP contribution in [0.25, 0.3) is 17.2 Å². The highest BCUT2D eigenvalue weighted by atomic mass is 16.3. The lowest BCUT2D eigenvalue weighted by atomic mass is 10.2. The number of oxazole rings is 1. The fraction of sp³-hybridized carbons (Fsp3) is 0.200. The number of nitrogens with two attached hydrogens (primary N) is 1. The summed E-state index contributed by atoms with van der Waals surface area (Å²) in [5.41, 5.74) is 7.92. The zero-order chi connectivity index (χ0) is 12.0. The molecule has 0 atom stereocenters. The Bertz CT molecular complexity index is 684. The van der Waals surface area contributed by atoms with E-state index in [0.29, 0.717) is 23.1 Å². The number of hydrogen-bond acceptors (Lipinski definition) is 6. The van der Waals surface area contributed by atoms with Gasteiger partial charge in [-0.05, 0) is 13.8 Å². The molecule has 3 rings (SSSR count). The van der Waals surface area contributed by atoms with Crippen LogP contribution in [0.2, 0.25) is 0 Å². The Morgan fingerprint density at radius 2 is 2.12 bits per heavy atom. The maximum absolute atomic E-state index is 5.83. The molecule has 17 heavy (non-hydrogen) atoms. The molecule has 0 aliphatic heterocycles. The third-order valence-corrected chi connectivity index (χ3v) is 2.48. The summed E-state index contributed by atoms with van der Waals surface area (Å²) in [6, 6.07) is 0. The number of fused-ring (bicyclic) bond motifs is 1. The fourth-order valence-electron chi connectivity index (χ4n) is 1.72. The van der Waals surface area contributed by atoms with Crippen LogP contribution in [0, 0.1) is 13.8 Å². The summed E-state index contributed by atoms with van der Waals surface area (Å²) in [4.78, 5) is 12.6. The van der Waals surface area contributed by atoms with Gasteiger partial charge in [0.15, 0.2) is 5.65 Å². The average Bonchev–Trinajstić information content (AvgIpc) is 2.91. The van der Waals surface area contributed by atoms with Gasteiger partial charge in [-0.2, -0.15) is 4.52 Å². The number of aryl methyl sites for hydroxylation is 2. The standard InChI is InChI=1S/C10H10N6O/c1-5-7(9-12-3-4-17-9)14-10(11)16-8(5)13-6(2)15-16/h3-4H,1-2H3,(H2,11,14). The Morgan fingerprint density at radius 1 is 1.29 bits per heavy atom. The molecular formula is C10H10N6O. The molecule has 0 radical (unpaired) electrons. The fourth-order valence-corrected chi connectivity index (χ4v) is 1.72. The minimum absolute atomic E-state index is 0.263. The van der Waals surface area contributed by atoms with E-state index in [0.717, 1.165) is 5.56 Å². The first kappa shape index (κ1) is 9.76. The van der Waals surface area contributed by atoms with E-state index in [9.17, 15) is 0 Å². The van der Waals surface area contributed by atoms with Gasteiger partial charge in [-0.25, -0.2) is 15.0 Å². The lowest BCUT2D eigenvalue weighted by Gasteiger charge is -2.04. The molecule has 0 aliphatic rings. The van der Waals surface area contributed by atoms with Crippen LogP contribution in [0.4, 0.5) is 5.95 Å². The largest absolute Gasteiger partial charge is 0.443 e. The Morgan fingerprint density at radius 3 is 2.82 bits per heavy atom. The summed E-state index contributed by atoms with van der Waals surface area (Å²) in [7, 11) is 0. The van der Waals surface area contributed by atoms with Gasteiger partial charge < -0.3 is 10.2 Å². The van der Waals surface area contributed by atoms with Crippen LogP contribution in [-0.4, -0.2) is 24.6 Å². The van der Waals surface area contributed by atoms with Crippen LogP contribution in [0.15, 0.2) is 16.9 Å². The predicted molar refractivity (Wildman–Crippen MR) is 60.2 cm³/mol. The van der Waals surface area contributed by atoms with Crippen LogP contribution < -0.4 is 5.73 Å². The topological polar surface area (TPSA) is 95.1 Å². The molecule has 0 saturated heterocycles. The molecule has 3 aromatic rings. The highest BCUT2D eigenvalue weighted by molar-refractivity contribution is 5.65. The monoisotopic (exact) mass is 230 g/mol. The van der Waals surface area contributed by atoms with Crippen molar-refractivity contribution in [1.82, 2.24) is 24.6 Å². The lowest BCUT2D eigenvalue weighted by molar-refractivity contribution is 0.571. The van der Waals surface area contributed by atoms with Crippen molar-refractivity contribution in [2.75, 3.05) is 5.73 Å². The van der Waals surface area contributed by atoms with E-state index in [1.54, 1.807) is 13.1 Å². The molecule has 7 nitrogen and oxygen atoms in total. The first-order valence-electron chi connectivity index (χ1n) is 5.06. The summed E-state index contributed by atoms with van der Waals surface area (Å²) in [5.74, 6) is 1.34. The molecule has 7 heteroatoms. The van der Waals surface area contributed by atoms with Crippen LogP contribution in [0.5, 0.6) is 0 Å². The average molecular weight is 230 g/mol. The van der Waals surface area contributed by atoms with Crippen molar-refractivity contribution in [2.45, 2.75) is 13.8 Å². The summed E-state index contributed by atoms with van der Waals surface area (Å²) in [6.07, 6.45) is 3.05. The number of anilines is 1. The number of hydrogen-bond donors (Lipinski definition) is 1. The Balaban J connectivity index is 2.38. The first-order chi connectivity index (χ1) is 8.16. The molecular weight excluding hydrogens is 220 g/mol. The molecule has 0 spiro atoms. The van der Waals surface area contributed by atoms with Crippen molar-refractivity contribution in [3.63, 3.8) is 0 Å². The Kier molecular flexibility index (Phi) is 1.88. The van der Waals surface area contributed by atoms with Crippen molar-refractivity contribution in [3.05, 3.63) is 23.8 Å². The van der Waals surface area contributed by atoms with E-state index in [-0.39, 0.29) is 5.95 Å². The smallest absolute Gasteiger partial charge is 0.245 e. The van der Waals surface area contributed by atoms with Gasteiger partial charge in [0.2, 0.25) is 11.8 Å². The third-order valence-electron chi connectivity index (χ3n) is 2.48. The normalized spacial score (nSPS) is 11.2. The van der Waals surface area contributed by atoms with Crippen LogP contribution >= 0.6 is 0 Å². The van der Waals surface area contributed by atoms with E-state index < -0.39 is 0 Å². The molecule has 0 aliphatic carbocycles. The number of rotatable bonds is 1. The van der Waals surface area contributed by atoms with Gasteiger partial charge in [-0.3, -0.25) is 0 Å². The molecule has 2 N–H and O–H groups in total. The summed E-state index contributed by atoms with van der Waals surface area (Å²) < 4.78 is 6.74. The van der Waals surface area contributed by atoms with Crippen LogP contribution in [-0.2, 0) is 0 Å². The van der Waals surface area contributed by atoms with Gasteiger partial charge in [-0.15, -0.1) is 5.10 Å². The molecule has 3 heterocycles. The second kappa shape index (κ2) is 3.27. The zero-order valence-electron chi connectivity index (χ0n) is 9.38. The van der Waals surface area contributed by atoms with Gasteiger partial charge >= 0.3 is 0 Å². The zero-order valence-corrected chi connectivity index (χ0v) is 9.38. The third kappa shape index (κ3) is 1.36. The molecule has 0 saturated carbocycles. The molecule has 3 aromatic heterocycles. The number of nitrogens with zero attached hydrogens (tertiary/aromatic N) is 5. The summed E-state index contributed by atoms with van der Waals surface area (Å²) >= 11 is 0. The van der Waals surface area contributed by atoms with Gasteiger partial charge in [0.25, 0.3) is 0 Å². The summed E-state index contributed by atoms with van der Waals surface area (Å²) in [6.45, 7) is 3.69. The maximum atomic E-state index is 5.83. The van der Waals surface area contributed by atoms with Gasteiger partial charge in [0.1, 0.15) is 17.8 Å². The van der Waals surface area contributed by atoms with Crippen molar-refractivity contribution < 1.29 is 4.42 Å². The quantitative estimate of drug-likeness (QED) is 0.669. The predicted octanol–water partition coefficient (Wildman–Crippen LogP) is 0.978. The van der Waals surface area contributed by atoms with Gasteiger partial charge in [-0.1, -0.05) is 0 Å². The van der Waals surface area contributed by atoms with Crippen molar-refractivity contribution in [1.29, 1.82) is 0 Å². The minimum atomic E-state index is 0.263. The second-order valence-corrected chi connectivity index (χ2v) is 3.68. The molecule has 0 amide bonds. The molecule has 86 valence electrons. The molecule has 0 fully saturated rings. The van der Waals surface area contributed by atoms with Crippen LogP contribution in [0.3, 0.4) is 0 Å². The molecule has 0 unspecified atom stereocenters. The van der Waals surface area contributed by atoms with Crippen molar-refractivity contribution >= 4 is 11.6 Å². The Hall–Kier alpha value is -2.44. The number of aromatic nitrogens is 5. The molecule has 0 bridgehead atoms. The highest BCUT2D eigenvalue weighted by Gasteiger charge is 2.16. The Labute approximate surface area is 96.3 Å². The van der Waals surface area contributed by atoms with Gasteiger partial charge in [0.05, 0.1) is 6.20 Å². The van der Waals surface area contributed by atoms with Crippen molar-refractivity contribution in [2.24, 2.45) is 0 Å². The van der Waals surface area contributed by atoms with E-state index >= 15 is 0 Å². The highest BCUT2D eigenvalue weighted by Crippen LogP contribution is 2.23. The van der Waals surface area contributed by atoms with E-state index in [2.05, 4.69) is 20.1 Å². The SMILES string of the molecule is Cc1nc2c(C)c(-c3ncco3)nc(N)n2n1. The minimum Gasteiger partial charge on any atom is -0.443 e. The summed E-state index contributed by atoms with van der Waals surface area (Å²) in [5, 5.41) is 4.16. The van der Waals surface area contributed by atoms with Crippen molar-refractivity contribution in [3.8, 4) is 11.6 Å². The van der Waals surface area contributed by atoms with E-state index in [4.69, 9.17) is 10.2 Å². The number of nitrogen functional groups attached to an aromatic ring is 1. The lowest BCUT2D eigenvalue weighted by Crippen LogP contribution is -2.05. The first-order valence-corrected chi connectivity index (χ1v) is 5.06. The van der Waals surface area contributed by atoms with E-state index in [1.807, 2.05) is 6.92 Å².